The lowest BCUT2D eigenvalue weighted by Gasteiger charge is -2.06. The van der Waals surface area contributed by atoms with Crippen molar-refractivity contribution in [2.75, 3.05) is 5.32 Å². The number of nitrogens with one attached hydrogen (secondary N) is 1. The van der Waals surface area contributed by atoms with Gasteiger partial charge in [-0.3, -0.25) is 10.1 Å². The van der Waals surface area contributed by atoms with Crippen molar-refractivity contribution in [1.29, 1.82) is 0 Å². The smallest absolute Gasteiger partial charge is 0.292 e. The first kappa shape index (κ1) is 12.0. The Bertz CT molecular complexity index is 557. The van der Waals surface area contributed by atoms with Gasteiger partial charge in [-0.1, -0.05) is 6.07 Å². The molecule has 0 radical (unpaired) electrons. The van der Waals surface area contributed by atoms with Crippen LogP contribution in [0.1, 0.15) is 11.3 Å². The fraction of sp³-hybridized carbons (Fsp3) is 0.167. The van der Waals surface area contributed by atoms with E-state index in [4.69, 9.17) is 0 Å². The maximum absolute atomic E-state index is 10.9. The number of anilines is 1. The van der Waals surface area contributed by atoms with Crippen LogP contribution >= 0.6 is 0 Å². The molecule has 2 aromatic rings. The van der Waals surface area contributed by atoms with Crippen molar-refractivity contribution < 1.29 is 4.92 Å². The molecule has 0 aliphatic rings. The molecule has 0 unspecified atom stereocenters. The Hall–Kier alpha value is -2.50. The molecule has 0 spiro atoms. The van der Waals surface area contributed by atoms with E-state index in [0.717, 1.165) is 11.3 Å². The third-order valence-corrected chi connectivity index (χ3v) is 2.44. The number of benzene rings is 1. The van der Waals surface area contributed by atoms with Crippen LogP contribution in [0.25, 0.3) is 0 Å². The van der Waals surface area contributed by atoms with Crippen LogP contribution < -0.4 is 5.32 Å². The van der Waals surface area contributed by atoms with Crippen molar-refractivity contribution in [2.45, 2.75) is 13.5 Å². The third-order valence-electron chi connectivity index (χ3n) is 2.44. The molecule has 6 heteroatoms. The van der Waals surface area contributed by atoms with Gasteiger partial charge >= 0.3 is 0 Å². The van der Waals surface area contributed by atoms with Gasteiger partial charge in [0.15, 0.2) is 0 Å². The molecule has 0 aliphatic heterocycles. The summed E-state index contributed by atoms with van der Waals surface area (Å²) in [6.07, 6.45) is 1.58. The Kier molecular flexibility index (Phi) is 3.47. The number of nitro benzene ring substituents is 1. The number of nitrogens with zero attached hydrogens (tertiary/aromatic N) is 3. The fourth-order valence-electron chi connectivity index (χ4n) is 1.56. The minimum absolute atomic E-state index is 0.0684. The van der Waals surface area contributed by atoms with Crippen LogP contribution in [0, 0.1) is 17.0 Å². The van der Waals surface area contributed by atoms with E-state index < -0.39 is 4.92 Å². The van der Waals surface area contributed by atoms with E-state index in [-0.39, 0.29) is 5.69 Å². The van der Waals surface area contributed by atoms with Crippen LogP contribution in [0.3, 0.4) is 0 Å². The van der Waals surface area contributed by atoms with Crippen LogP contribution in [0.5, 0.6) is 0 Å². The zero-order valence-electron chi connectivity index (χ0n) is 9.83. The molecule has 0 aliphatic carbocycles. The molecule has 2 rings (SSSR count). The van der Waals surface area contributed by atoms with Gasteiger partial charge in [0.25, 0.3) is 5.69 Å². The zero-order chi connectivity index (χ0) is 13.0. The van der Waals surface area contributed by atoms with Gasteiger partial charge in [0.2, 0.25) is 0 Å². The van der Waals surface area contributed by atoms with Gasteiger partial charge in [-0.15, -0.1) is 0 Å². The zero-order valence-corrected chi connectivity index (χ0v) is 9.83. The van der Waals surface area contributed by atoms with E-state index >= 15 is 0 Å². The molecule has 1 aromatic carbocycles. The molecule has 1 N–H and O–H groups in total. The Labute approximate surface area is 104 Å². The van der Waals surface area contributed by atoms with Gasteiger partial charge in [-0.2, -0.15) is 10.2 Å². The van der Waals surface area contributed by atoms with Crippen molar-refractivity contribution in [3.63, 3.8) is 0 Å². The SMILES string of the molecule is Cc1ccc(NCc2cccnn2)c([N+](=O)[O-])c1. The molecule has 0 amide bonds. The van der Waals surface area contributed by atoms with E-state index in [2.05, 4.69) is 15.5 Å². The van der Waals surface area contributed by atoms with Gasteiger partial charge in [-0.05, 0) is 30.7 Å². The third kappa shape index (κ3) is 2.79. The summed E-state index contributed by atoms with van der Waals surface area (Å²) < 4.78 is 0. The largest absolute Gasteiger partial charge is 0.374 e. The highest BCUT2D eigenvalue weighted by atomic mass is 16.6. The van der Waals surface area contributed by atoms with Crippen molar-refractivity contribution >= 4 is 11.4 Å². The standard InChI is InChI=1S/C12H12N4O2/c1-9-4-5-11(12(7-9)16(17)18)13-8-10-3-2-6-14-15-10/h2-7,13H,8H2,1H3. The van der Waals surface area contributed by atoms with Gasteiger partial charge in [-0.25, -0.2) is 0 Å². The summed E-state index contributed by atoms with van der Waals surface area (Å²) in [5.74, 6) is 0. The number of aromatic nitrogens is 2. The van der Waals surface area contributed by atoms with Crippen molar-refractivity contribution in [3.8, 4) is 0 Å². The van der Waals surface area contributed by atoms with Gasteiger partial charge in [0.05, 0.1) is 17.2 Å². The molecule has 0 fully saturated rings. The van der Waals surface area contributed by atoms with Crippen molar-refractivity contribution in [2.24, 2.45) is 0 Å². The van der Waals surface area contributed by atoms with E-state index in [1.54, 1.807) is 30.5 Å². The summed E-state index contributed by atoms with van der Waals surface area (Å²) in [6, 6.07) is 8.64. The molecule has 1 aromatic heterocycles. The van der Waals surface area contributed by atoms with Crippen LogP contribution in [0.2, 0.25) is 0 Å². The highest BCUT2D eigenvalue weighted by Crippen LogP contribution is 2.25. The van der Waals surface area contributed by atoms with Crippen LogP contribution in [0.15, 0.2) is 36.5 Å². The molecule has 0 atom stereocenters. The summed E-state index contributed by atoms with van der Waals surface area (Å²) >= 11 is 0. The van der Waals surface area contributed by atoms with Gasteiger partial charge in [0, 0.05) is 12.3 Å². The van der Waals surface area contributed by atoms with E-state index in [1.165, 1.54) is 0 Å². The highest BCUT2D eigenvalue weighted by Gasteiger charge is 2.13. The van der Waals surface area contributed by atoms with E-state index in [1.807, 2.05) is 13.0 Å². The van der Waals surface area contributed by atoms with Crippen LogP contribution in [0.4, 0.5) is 11.4 Å². The second kappa shape index (κ2) is 5.22. The van der Waals surface area contributed by atoms with Crippen molar-refractivity contribution in [3.05, 3.63) is 57.9 Å². The number of rotatable bonds is 4. The van der Waals surface area contributed by atoms with Gasteiger partial charge < -0.3 is 5.32 Å². The summed E-state index contributed by atoms with van der Waals surface area (Å²) in [7, 11) is 0. The summed E-state index contributed by atoms with van der Waals surface area (Å²) in [5.41, 5.74) is 2.13. The maximum atomic E-state index is 10.9. The summed E-state index contributed by atoms with van der Waals surface area (Å²) in [6.45, 7) is 2.22. The quantitative estimate of drug-likeness (QED) is 0.659. The minimum atomic E-state index is -0.397. The minimum Gasteiger partial charge on any atom is -0.374 e. The maximum Gasteiger partial charge on any atom is 0.292 e. The van der Waals surface area contributed by atoms with Gasteiger partial charge in [0.1, 0.15) is 5.69 Å². The second-order valence-electron chi connectivity index (χ2n) is 3.85. The Morgan fingerprint density at radius 2 is 2.22 bits per heavy atom. The van der Waals surface area contributed by atoms with Crippen molar-refractivity contribution in [1.82, 2.24) is 10.2 Å². The van der Waals surface area contributed by atoms with Crippen LogP contribution in [-0.2, 0) is 6.54 Å². The fourth-order valence-corrected chi connectivity index (χ4v) is 1.56. The summed E-state index contributed by atoms with van der Waals surface area (Å²) in [4.78, 5) is 10.5. The first-order valence-corrected chi connectivity index (χ1v) is 5.42. The molecule has 0 bridgehead atoms. The molecular formula is C12H12N4O2. The number of nitro groups is 1. The lowest BCUT2D eigenvalue weighted by Crippen LogP contribution is -2.04. The summed E-state index contributed by atoms with van der Waals surface area (Å²) in [5, 5.41) is 21.6. The second-order valence-corrected chi connectivity index (χ2v) is 3.85. The van der Waals surface area contributed by atoms with E-state index in [9.17, 15) is 10.1 Å². The number of hydrogen-bond acceptors (Lipinski definition) is 5. The molecule has 92 valence electrons. The molecule has 1 heterocycles. The number of hydrogen-bond donors (Lipinski definition) is 1. The lowest BCUT2D eigenvalue weighted by molar-refractivity contribution is -0.384. The first-order chi connectivity index (χ1) is 8.66. The van der Waals surface area contributed by atoms with Crippen LogP contribution in [-0.4, -0.2) is 15.1 Å². The molecular weight excluding hydrogens is 232 g/mol. The normalized spacial score (nSPS) is 10.1. The average molecular weight is 244 g/mol. The monoisotopic (exact) mass is 244 g/mol. The highest BCUT2D eigenvalue weighted by molar-refractivity contribution is 5.62. The number of aryl methyl sites for hydroxylation is 1. The van der Waals surface area contributed by atoms with E-state index in [0.29, 0.717) is 12.2 Å². The average Bonchev–Trinajstić information content (AvgIpc) is 2.38. The molecule has 0 saturated heterocycles. The predicted octanol–water partition coefficient (Wildman–Crippen LogP) is 2.31. The predicted molar refractivity (Wildman–Crippen MR) is 67.2 cm³/mol. The Balaban J connectivity index is 2.17. The topological polar surface area (TPSA) is 81.0 Å². The lowest BCUT2D eigenvalue weighted by atomic mass is 10.2. The molecule has 18 heavy (non-hydrogen) atoms. The Morgan fingerprint density at radius 1 is 1.39 bits per heavy atom. The molecule has 0 saturated carbocycles. The Morgan fingerprint density at radius 3 is 2.89 bits per heavy atom. The molecule has 6 nitrogen and oxygen atoms in total. The first-order valence-electron chi connectivity index (χ1n) is 5.42.